The second-order valence-corrected chi connectivity index (χ2v) is 5.36. The molecular formula is C15H23NOS. The number of nitrogens with zero attached hydrogens (tertiary/aromatic N) is 1. The molecule has 1 aromatic rings. The summed E-state index contributed by atoms with van der Waals surface area (Å²) in [6.45, 7) is 6.07. The molecule has 3 heteroatoms. The van der Waals surface area contributed by atoms with Crippen LogP contribution in [-0.4, -0.2) is 23.9 Å². The normalized spacial score (nSPS) is 11.0. The van der Waals surface area contributed by atoms with E-state index < -0.39 is 0 Å². The average molecular weight is 265 g/mol. The van der Waals surface area contributed by atoms with Crippen LogP contribution >= 0.6 is 11.3 Å². The van der Waals surface area contributed by atoms with Gasteiger partial charge in [-0.3, -0.25) is 4.79 Å². The molecule has 0 saturated heterocycles. The maximum Gasteiger partial charge on any atom is 0.246 e. The molecule has 100 valence electrons. The Kier molecular flexibility index (Phi) is 7.42. The SMILES string of the molecule is CCCCN(CCCC)C(=O)C=Cc1cccs1. The lowest BCUT2D eigenvalue weighted by molar-refractivity contribution is -0.126. The summed E-state index contributed by atoms with van der Waals surface area (Å²) < 4.78 is 0. The van der Waals surface area contributed by atoms with Gasteiger partial charge in [-0.25, -0.2) is 0 Å². The molecule has 0 bridgehead atoms. The van der Waals surface area contributed by atoms with Crippen LogP contribution in [-0.2, 0) is 4.79 Å². The van der Waals surface area contributed by atoms with Crippen LogP contribution in [0.4, 0.5) is 0 Å². The van der Waals surface area contributed by atoms with Gasteiger partial charge in [-0.1, -0.05) is 32.8 Å². The summed E-state index contributed by atoms with van der Waals surface area (Å²) in [4.78, 5) is 15.2. The van der Waals surface area contributed by atoms with E-state index in [4.69, 9.17) is 0 Å². The molecule has 18 heavy (non-hydrogen) atoms. The van der Waals surface area contributed by atoms with Gasteiger partial charge in [-0.2, -0.15) is 0 Å². The van der Waals surface area contributed by atoms with Crippen LogP contribution in [0.25, 0.3) is 6.08 Å². The van der Waals surface area contributed by atoms with Gasteiger partial charge in [0.15, 0.2) is 0 Å². The molecule has 0 spiro atoms. The molecule has 0 saturated carbocycles. The number of carbonyl (C=O) groups is 1. The van der Waals surface area contributed by atoms with Crippen LogP contribution in [0.1, 0.15) is 44.4 Å². The molecule has 0 aliphatic carbocycles. The first kappa shape index (κ1) is 15.0. The van der Waals surface area contributed by atoms with Crippen molar-refractivity contribution in [1.29, 1.82) is 0 Å². The fourth-order valence-electron chi connectivity index (χ4n) is 1.68. The molecule has 2 nitrogen and oxygen atoms in total. The topological polar surface area (TPSA) is 20.3 Å². The summed E-state index contributed by atoms with van der Waals surface area (Å²) >= 11 is 1.65. The van der Waals surface area contributed by atoms with Crippen LogP contribution in [0.2, 0.25) is 0 Å². The minimum atomic E-state index is 0.144. The second kappa shape index (κ2) is 8.92. The number of hydrogen-bond acceptors (Lipinski definition) is 2. The second-order valence-electron chi connectivity index (χ2n) is 4.38. The molecule has 0 atom stereocenters. The Balaban J connectivity index is 2.51. The zero-order valence-corrected chi connectivity index (χ0v) is 12.2. The van der Waals surface area contributed by atoms with Crippen LogP contribution in [0.3, 0.4) is 0 Å². The van der Waals surface area contributed by atoms with Gasteiger partial charge in [0, 0.05) is 24.0 Å². The van der Waals surface area contributed by atoms with Crippen molar-refractivity contribution in [2.45, 2.75) is 39.5 Å². The number of thiophene rings is 1. The van der Waals surface area contributed by atoms with E-state index in [0.717, 1.165) is 43.6 Å². The monoisotopic (exact) mass is 265 g/mol. The Hall–Kier alpha value is -1.09. The Morgan fingerprint density at radius 2 is 1.94 bits per heavy atom. The summed E-state index contributed by atoms with van der Waals surface area (Å²) in [5.41, 5.74) is 0. The van der Waals surface area contributed by atoms with E-state index in [9.17, 15) is 4.79 Å². The van der Waals surface area contributed by atoms with E-state index in [1.54, 1.807) is 17.4 Å². The molecule has 0 aliphatic heterocycles. The third kappa shape index (κ3) is 5.50. The Morgan fingerprint density at radius 1 is 1.28 bits per heavy atom. The fourth-order valence-corrected chi connectivity index (χ4v) is 2.29. The van der Waals surface area contributed by atoms with Gasteiger partial charge < -0.3 is 4.90 Å². The first-order valence-corrected chi connectivity index (χ1v) is 7.66. The standard InChI is InChI=1S/C15H23NOS/c1-3-5-11-16(12-6-4-2)15(17)10-9-14-8-7-13-18-14/h7-10,13H,3-6,11-12H2,1-2H3. The number of carbonyl (C=O) groups excluding carboxylic acids is 1. The molecule has 1 amide bonds. The highest BCUT2D eigenvalue weighted by atomic mass is 32.1. The first-order valence-electron chi connectivity index (χ1n) is 6.78. The van der Waals surface area contributed by atoms with Crippen molar-refractivity contribution in [2.24, 2.45) is 0 Å². The fraction of sp³-hybridized carbons (Fsp3) is 0.533. The van der Waals surface area contributed by atoms with Crippen molar-refractivity contribution in [1.82, 2.24) is 4.90 Å². The minimum absolute atomic E-state index is 0.144. The zero-order chi connectivity index (χ0) is 13.2. The van der Waals surface area contributed by atoms with Gasteiger partial charge in [-0.05, 0) is 30.4 Å². The van der Waals surface area contributed by atoms with Crippen molar-refractivity contribution >= 4 is 23.3 Å². The van der Waals surface area contributed by atoms with Crippen LogP contribution < -0.4 is 0 Å². The third-order valence-electron chi connectivity index (χ3n) is 2.81. The molecule has 0 N–H and O–H groups in total. The van der Waals surface area contributed by atoms with Crippen molar-refractivity contribution in [3.8, 4) is 0 Å². The van der Waals surface area contributed by atoms with Gasteiger partial charge >= 0.3 is 0 Å². The average Bonchev–Trinajstić information content (AvgIpc) is 2.89. The molecule has 1 rings (SSSR count). The summed E-state index contributed by atoms with van der Waals surface area (Å²) in [7, 11) is 0. The van der Waals surface area contributed by atoms with E-state index in [0.29, 0.717) is 0 Å². The lowest BCUT2D eigenvalue weighted by Crippen LogP contribution is -2.31. The molecule has 1 aromatic heterocycles. The van der Waals surface area contributed by atoms with E-state index in [1.807, 2.05) is 28.5 Å². The van der Waals surface area contributed by atoms with Crippen molar-refractivity contribution in [3.63, 3.8) is 0 Å². The van der Waals surface area contributed by atoms with Crippen LogP contribution in [0.15, 0.2) is 23.6 Å². The molecular weight excluding hydrogens is 242 g/mol. The third-order valence-corrected chi connectivity index (χ3v) is 3.65. The van der Waals surface area contributed by atoms with Gasteiger partial charge in [0.2, 0.25) is 5.91 Å². The van der Waals surface area contributed by atoms with Crippen LogP contribution in [0.5, 0.6) is 0 Å². The van der Waals surface area contributed by atoms with Gasteiger partial charge in [0.1, 0.15) is 0 Å². The zero-order valence-electron chi connectivity index (χ0n) is 11.4. The highest BCUT2D eigenvalue weighted by Gasteiger charge is 2.08. The van der Waals surface area contributed by atoms with Gasteiger partial charge in [-0.15, -0.1) is 11.3 Å². The largest absolute Gasteiger partial charge is 0.339 e. The van der Waals surface area contributed by atoms with Crippen molar-refractivity contribution in [2.75, 3.05) is 13.1 Å². The number of amides is 1. The lowest BCUT2D eigenvalue weighted by atomic mass is 10.2. The maximum absolute atomic E-state index is 12.1. The smallest absolute Gasteiger partial charge is 0.246 e. The Labute approximate surface area is 114 Å². The summed E-state index contributed by atoms with van der Waals surface area (Å²) in [5, 5.41) is 2.02. The summed E-state index contributed by atoms with van der Waals surface area (Å²) in [5.74, 6) is 0.144. The first-order chi connectivity index (χ1) is 8.77. The molecule has 1 heterocycles. The molecule has 0 aromatic carbocycles. The summed E-state index contributed by atoms with van der Waals surface area (Å²) in [6, 6.07) is 4.03. The maximum atomic E-state index is 12.1. The highest BCUT2D eigenvalue weighted by molar-refractivity contribution is 7.10. The van der Waals surface area contributed by atoms with E-state index in [-0.39, 0.29) is 5.91 Å². The Morgan fingerprint density at radius 3 is 2.44 bits per heavy atom. The Bertz CT molecular complexity index is 349. The number of hydrogen-bond donors (Lipinski definition) is 0. The van der Waals surface area contributed by atoms with Crippen molar-refractivity contribution < 1.29 is 4.79 Å². The highest BCUT2D eigenvalue weighted by Crippen LogP contribution is 2.11. The molecule has 0 fully saturated rings. The molecule has 0 radical (unpaired) electrons. The lowest BCUT2D eigenvalue weighted by Gasteiger charge is -2.20. The minimum Gasteiger partial charge on any atom is -0.339 e. The predicted octanol–water partition coefficient (Wildman–Crippen LogP) is 4.19. The van der Waals surface area contributed by atoms with Crippen molar-refractivity contribution in [3.05, 3.63) is 28.5 Å². The van der Waals surface area contributed by atoms with E-state index >= 15 is 0 Å². The van der Waals surface area contributed by atoms with Gasteiger partial charge in [0.25, 0.3) is 0 Å². The van der Waals surface area contributed by atoms with E-state index in [1.165, 1.54) is 0 Å². The quantitative estimate of drug-likeness (QED) is 0.645. The predicted molar refractivity (Wildman–Crippen MR) is 79.7 cm³/mol. The number of rotatable bonds is 8. The van der Waals surface area contributed by atoms with Crippen LogP contribution in [0, 0.1) is 0 Å². The molecule has 0 unspecified atom stereocenters. The summed E-state index contributed by atoms with van der Waals surface area (Å²) in [6.07, 6.45) is 8.05. The van der Waals surface area contributed by atoms with E-state index in [2.05, 4.69) is 13.8 Å². The number of unbranched alkanes of at least 4 members (excludes halogenated alkanes) is 2. The molecule has 0 aliphatic rings. The van der Waals surface area contributed by atoms with Gasteiger partial charge in [0.05, 0.1) is 0 Å².